The van der Waals surface area contributed by atoms with Crippen molar-refractivity contribution in [3.63, 3.8) is 0 Å². The van der Waals surface area contributed by atoms with E-state index in [9.17, 15) is 4.39 Å². The monoisotopic (exact) mass is 413 g/mol. The molecule has 4 nitrogen and oxygen atoms in total. The van der Waals surface area contributed by atoms with Crippen LogP contribution in [0.4, 0.5) is 4.39 Å². The zero-order valence-corrected chi connectivity index (χ0v) is 13.8. The number of halogens is 3. The second-order valence-corrected chi connectivity index (χ2v) is 6.22. The maximum atomic E-state index is 13.3. The summed E-state index contributed by atoms with van der Waals surface area (Å²) in [4.78, 5) is 4.34. The number of nitrogens with zero attached hydrogens (tertiary/aromatic N) is 1. The average molecular weight is 415 g/mol. The van der Waals surface area contributed by atoms with E-state index in [2.05, 4.69) is 42.3 Å². The lowest BCUT2D eigenvalue weighted by atomic mass is 10.1. The Hall–Kier alpha value is -1.28. The van der Waals surface area contributed by atoms with Gasteiger partial charge in [-0.2, -0.15) is 0 Å². The highest BCUT2D eigenvalue weighted by molar-refractivity contribution is 9.11. The Kier molecular flexibility index (Phi) is 4.08. The van der Waals surface area contributed by atoms with Crippen LogP contribution in [0, 0.1) is 5.82 Å². The summed E-state index contributed by atoms with van der Waals surface area (Å²) < 4.78 is 20.6. The number of rotatable bonds is 3. The van der Waals surface area contributed by atoms with Gasteiger partial charge in [0.2, 0.25) is 0 Å². The molecule has 1 atom stereocenters. The van der Waals surface area contributed by atoms with Gasteiger partial charge in [0.05, 0.1) is 5.69 Å². The summed E-state index contributed by atoms with van der Waals surface area (Å²) in [5.74, 6) is 5.89. The Morgan fingerprint density at radius 2 is 2.05 bits per heavy atom. The molecule has 0 amide bonds. The van der Waals surface area contributed by atoms with Crippen molar-refractivity contribution in [2.24, 2.45) is 5.84 Å². The number of aromatic nitrogens is 1. The first kappa shape index (κ1) is 14.6. The summed E-state index contributed by atoms with van der Waals surface area (Å²) in [6.45, 7) is 0. The molecule has 0 radical (unpaired) electrons. The fourth-order valence-corrected chi connectivity index (χ4v) is 3.33. The Morgan fingerprint density at radius 1 is 1.24 bits per heavy atom. The van der Waals surface area contributed by atoms with Crippen LogP contribution in [0.2, 0.25) is 0 Å². The van der Waals surface area contributed by atoms with E-state index in [1.807, 2.05) is 6.07 Å². The number of hydrogen-bond acceptors (Lipinski definition) is 4. The van der Waals surface area contributed by atoms with E-state index in [1.54, 1.807) is 18.3 Å². The van der Waals surface area contributed by atoms with Crippen LogP contribution in [0.3, 0.4) is 0 Å². The van der Waals surface area contributed by atoms with E-state index in [4.69, 9.17) is 10.3 Å². The SMILES string of the molecule is NNC(c1cc2cc(F)ccc2o1)c1ncc(Br)cc1Br. The molecule has 3 rings (SSSR count). The van der Waals surface area contributed by atoms with Crippen LogP contribution in [-0.4, -0.2) is 4.98 Å². The van der Waals surface area contributed by atoms with Crippen LogP contribution in [0.1, 0.15) is 17.5 Å². The molecule has 0 bridgehead atoms. The summed E-state index contributed by atoms with van der Waals surface area (Å²) in [5, 5.41) is 0.679. The molecule has 1 aromatic carbocycles. The highest BCUT2D eigenvalue weighted by atomic mass is 79.9. The lowest BCUT2D eigenvalue weighted by Crippen LogP contribution is -2.29. The molecule has 2 aromatic heterocycles. The van der Waals surface area contributed by atoms with Crippen LogP contribution in [0.5, 0.6) is 0 Å². The van der Waals surface area contributed by atoms with Gasteiger partial charge in [-0.1, -0.05) is 0 Å². The Bertz CT molecular complexity index is 806. The first-order valence-electron chi connectivity index (χ1n) is 6.04. The number of hydrogen-bond donors (Lipinski definition) is 2. The first-order chi connectivity index (χ1) is 10.1. The number of furan rings is 1. The largest absolute Gasteiger partial charge is 0.459 e. The first-order valence-corrected chi connectivity index (χ1v) is 7.63. The molecule has 0 spiro atoms. The zero-order chi connectivity index (χ0) is 15.0. The van der Waals surface area contributed by atoms with Gasteiger partial charge in [0, 0.05) is 20.5 Å². The molecule has 0 aliphatic heterocycles. The summed E-state index contributed by atoms with van der Waals surface area (Å²) >= 11 is 6.80. The second kappa shape index (κ2) is 5.84. The molecule has 21 heavy (non-hydrogen) atoms. The average Bonchev–Trinajstić information content (AvgIpc) is 2.84. The van der Waals surface area contributed by atoms with Gasteiger partial charge in [0.25, 0.3) is 0 Å². The number of nitrogens with one attached hydrogen (secondary N) is 1. The molecule has 3 aromatic rings. The molecule has 1 unspecified atom stereocenters. The minimum Gasteiger partial charge on any atom is -0.459 e. The predicted molar refractivity (Wildman–Crippen MR) is 85.0 cm³/mol. The number of benzene rings is 1. The summed E-state index contributed by atoms with van der Waals surface area (Å²) in [7, 11) is 0. The Balaban J connectivity index is 2.09. The Labute approximate surface area is 136 Å². The van der Waals surface area contributed by atoms with Crippen molar-refractivity contribution >= 4 is 42.8 Å². The molecule has 0 saturated carbocycles. The summed E-state index contributed by atoms with van der Waals surface area (Å²) in [5.41, 5.74) is 3.95. The third-order valence-electron chi connectivity index (χ3n) is 3.06. The number of hydrazine groups is 1. The molecular formula is C14H10Br2FN3O. The second-order valence-electron chi connectivity index (χ2n) is 4.45. The highest BCUT2D eigenvalue weighted by Gasteiger charge is 2.21. The molecule has 0 fully saturated rings. The van der Waals surface area contributed by atoms with Crippen molar-refractivity contribution in [1.29, 1.82) is 0 Å². The third kappa shape index (κ3) is 2.87. The quantitative estimate of drug-likeness (QED) is 0.501. The summed E-state index contributed by atoms with van der Waals surface area (Å²) in [6, 6.07) is 7.54. The normalized spacial score (nSPS) is 12.8. The number of pyridine rings is 1. The minimum atomic E-state index is -0.442. The number of fused-ring (bicyclic) bond motifs is 1. The van der Waals surface area contributed by atoms with Gasteiger partial charge in [0.15, 0.2) is 0 Å². The molecule has 0 aliphatic carbocycles. The topological polar surface area (TPSA) is 64.1 Å². The molecule has 7 heteroatoms. The van der Waals surface area contributed by atoms with Crippen LogP contribution < -0.4 is 11.3 Å². The molecule has 2 heterocycles. The van der Waals surface area contributed by atoms with E-state index in [0.29, 0.717) is 22.4 Å². The van der Waals surface area contributed by atoms with Gasteiger partial charge < -0.3 is 4.42 Å². The smallest absolute Gasteiger partial charge is 0.134 e. The van der Waals surface area contributed by atoms with Crippen molar-refractivity contribution in [1.82, 2.24) is 10.4 Å². The van der Waals surface area contributed by atoms with Crippen molar-refractivity contribution in [2.75, 3.05) is 0 Å². The maximum Gasteiger partial charge on any atom is 0.134 e. The van der Waals surface area contributed by atoms with E-state index in [1.165, 1.54) is 12.1 Å². The fourth-order valence-electron chi connectivity index (χ4n) is 2.11. The molecule has 108 valence electrons. The van der Waals surface area contributed by atoms with Gasteiger partial charge in [-0.3, -0.25) is 10.8 Å². The van der Waals surface area contributed by atoms with E-state index in [-0.39, 0.29) is 5.82 Å². The van der Waals surface area contributed by atoms with Gasteiger partial charge >= 0.3 is 0 Å². The lowest BCUT2D eigenvalue weighted by molar-refractivity contribution is 0.470. The fraction of sp³-hybridized carbons (Fsp3) is 0.0714. The number of nitrogens with two attached hydrogens (primary N) is 1. The molecule has 3 N–H and O–H groups in total. The van der Waals surface area contributed by atoms with Gasteiger partial charge in [-0.05, 0) is 62.2 Å². The lowest BCUT2D eigenvalue weighted by Gasteiger charge is -2.14. The zero-order valence-electron chi connectivity index (χ0n) is 10.6. The molecular weight excluding hydrogens is 405 g/mol. The summed E-state index contributed by atoms with van der Waals surface area (Å²) in [6.07, 6.45) is 1.67. The van der Waals surface area contributed by atoms with Crippen molar-refractivity contribution < 1.29 is 8.81 Å². The van der Waals surface area contributed by atoms with Gasteiger partial charge in [-0.25, -0.2) is 9.82 Å². The minimum absolute atomic E-state index is 0.310. The van der Waals surface area contributed by atoms with E-state index >= 15 is 0 Å². The van der Waals surface area contributed by atoms with Crippen molar-refractivity contribution in [2.45, 2.75) is 6.04 Å². The molecule has 0 saturated heterocycles. The highest BCUT2D eigenvalue weighted by Crippen LogP contribution is 2.31. The van der Waals surface area contributed by atoms with Crippen LogP contribution >= 0.6 is 31.9 Å². The van der Waals surface area contributed by atoms with Crippen LogP contribution in [0.25, 0.3) is 11.0 Å². The van der Waals surface area contributed by atoms with Gasteiger partial charge in [0.1, 0.15) is 23.2 Å². The van der Waals surface area contributed by atoms with E-state index in [0.717, 1.165) is 8.95 Å². The standard InChI is InChI=1S/C14H10Br2FN3O/c15-8-5-10(16)13(19-6-8)14(20-18)12-4-7-3-9(17)1-2-11(7)21-12/h1-6,14,20H,18H2. The van der Waals surface area contributed by atoms with E-state index < -0.39 is 6.04 Å². The van der Waals surface area contributed by atoms with Crippen molar-refractivity contribution in [3.05, 3.63) is 62.7 Å². The Morgan fingerprint density at radius 3 is 2.76 bits per heavy atom. The van der Waals surface area contributed by atoms with Gasteiger partial charge in [-0.15, -0.1) is 0 Å². The third-order valence-corrected chi connectivity index (χ3v) is 4.13. The van der Waals surface area contributed by atoms with Crippen LogP contribution in [-0.2, 0) is 0 Å². The van der Waals surface area contributed by atoms with Crippen LogP contribution in [0.15, 0.2) is 49.9 Å². The maximum absolute atomic E-state index is 13.3. The molecule has 0 aliphatic rings. The predicted octanol–water partition coefficient (Wildman–Crippen LogP) is 4.04. The van der Waals surface area contributed by atoms with Crippen molar-refractivity contribution in [3.8, 4) is 0 Å².